The smallest absolute Gasteiger partial charge is 0.0415 e. The molecule has 3 nitrogen and oxygen atoms in total. The van der Waals surface area contributed by atoms with Gasteiger partial charge in [-0.25, -0.2) is 0 Å². The van der Waals surface area contributed by atoms with Crippen LogP contribution in [0.4, 0.5) is 5.69 Å². The van der Waals surface area contributed by atoms with Crippen molar-refractivity contribution in [2.24, 2.45) is 11.7 Å². The molecule has 0 spiro atoms. The Morgan fingerprint density at radius 3 is 2.47 bits per heavy atom. The number of hydrogen-bond donors (Lipinski definition) is 1. The summed E-state index contributed by atoms with van der Waals surface area (Å²) in [5, 5.41) is 0. The predicted molar refractivity (Wildman–Crippen MR) is 80.4 cm³/mol. The first kappa shape index (κ1) is 12.9. The summed E-state index contributed by atoms with van der Waals surface area (Å²) in [5.41, 5.74) is 8.70. The average molecular weight is 259 g/mol. The molecule has 2 aliphatic rings. The van der Waals surface area contributed by atoms with Crippen molar-refractivity contribution in [3.8, 4) is 0 Å². The molecule has 1 saturated heterocycles. The highest BCUT2D eigenvalue weighted by Crippen LogP contribution is 2.31. The molecule has 2 fully saturated rings. The third kappa shape index (κ3) is 3.10. The SMILES string of the molecule is C[C@H](N)c1ccccc1N1CCN(CC2CC2)CC1. The Morgan fingerprint density at radius 1 is 1.16 bits per heavy atom. The number of piperazine rings is 1. The van der Waals surface area contributed by atoms with E-state index in [1.54, 1.807) is 0 Å². The lowest BCUT2D eigenvalue weighted by atomic mass is 10.1. The zero-order valence-corrected chi connectivity index (χ0v) is 11.9. The quantitative estimate of drug-likeness (QED) is 0.900. The second kappa shape index (κ2) is 5.51. The van der Waals surface area contributed by atoms with Gasteiger partial charge in [0.2, 0.25) is 0 Å². The van der Waals surface area contributed by atoms with Gasteiger partial charge in [-0.3, -0.25) is 4.90 Å². The highest BCUT2D eigenvalue weighted by molar-refractivity contribution is 5.55. The van der Waals surface area contributed by atoms with Crippen molar-refractivity contribution in [3.63, 3.8) is 0 Å². The van der Waals surface area contributed by atoms with Gasteiger partial charge in [-0.15, -0.1) is 0 Å². The molecule has 1 saturated carbocycles. The highest BCUT2D eigenvalue weighted by Gasteiger charge is 2.26. The molecule has 0 radical (unpaired) electrons. The number of nitrogens with zero attached hydrogens (tertiary/aromatic N) is 2. The Kier molecular flexibility index (Phi) is 3.76. The van der Waals surface area contributed by atoms with Gasteiger partial charge in [0.25, 0.3) is 0 Å². The fraction of sp³-hybridized carbons (Fsp3) is 0.625. The third-order valence-electron chi connectivity index (χ3n) is 4.35. The zero-order chi connectivity index (χ0) is 13.2. The Bertz CT molecular complexity index is 418. The largest absolute Gasteiger partial charge is 0.369 e. The van der Waals surface area contributed by atoms with Gasteiger partial charge in [-0.2, -0.15) is 0 Å². The van der Waals surface area contributed by atoms with Crippen LogP contribution in [0.2, 0.25) is 0 Å². The molecule has 1 aliphatic heterocycles. The number of nitrogens with two attached hydrogens (primary N) is 1. The van der Waals surface area contributed by atoms with Gasteiger partial charge in [0.1, 0.15) is 0 Å². The zero-order valence-electron chi connectivity index (χ0n) is 11.9. The van der Waals surface area contributed by atoms with Crippen molar-refractivity contribution in [1.29, 1.82) is 0 Å². The summed E-state index contributed by atoms with van der Waals surface area (Å²) in [6.07, 6.45) is 2.90. The number of benzene rings is 1. The molecular formula is C16H25N3. The van der Waals surface area contributed by atoms with Crippen LogP contribution in [-0.2, 0) is 0 Å². The Labute approximate surface area is 116 Å². The van der Waals surface area contributed by atoms with E-state index in [0.29, 0.717) is 0 Å². The number of para-hydroxylation sites is 1. The van der Waals surface area contributed by atoms with Gasteiger partial charge in [0, 0.05) is 44.5 Å². The van der Waals surface area contributed by atoms with E-state index in [2.05, 4.69) is 41.0 Å². The summed E-state index contributed by atoms with van der Waals surface area (Å²) in [5.74, 6) is 1.00. The van der Waals surface area contributed by atoms with E-state index >= 15 is 0 Å². The minimum absolute atomic E-state index is 0.112. The van der Waals surface area contributed by atoms with Crippen LogP contribution in [0.5, 0.6) is 0 Å². The summed E-state index contributed by atoms with van der Waals surface area (Å²) >= 11 is 0. The predicted octanol–water partition coefficient (Wildman–Crippen LogP) is 2.24. The molecule has 1 heterocycles. The maximum Gasteiger partial charge on any atom is 0.0415 e. The Hall–Kier alpha value is -1.06. The van der Waals surface area contributed by atoms with E-state index in [4.69, 9.17) is 5.73 Å². The maximum atomic E-state index is 6.09. The minimum atomic E-state index is 0.112. The first-order valence-electron chi connectivity index (χ1n) is 7.56. The van der Waals surface area contributed by atoms with Gasteiger partial charge in [-0.05, 0) is 37.3 Å². The molecule has 3 heteroatoms. The molecule has 104 valence electrons. The van der Waals surface area contributed by atoms with Crippen LogP contribution in [0.3, 0.4) is 0 Å². The summed E-state index contributed by atoms with van der Waals surface area (Å²) < 4.78 is 0. The van der Waals surface area contributed by atoms with E-state index < -0.39 is 0 Å². The van der Waals surface area contributed by atoms with E-state index in [1.165, 1.54) is 43.7 Å². The highest BCUT2D eigenvalue weighted by atomic mass is 15.3. The monoisotopic (exact) mass is 259 g/mol. The third-order valence-corrected chi connectivity index (χ3v) is 4.35. The molecule has 0 aromatic heterocycles. The molecule has 1 atom stereocenters. The molecule has 1 aromatic rings. The fourth-order valence-electron chi connectivity index (χ4n) is 3.00. The minimum Gasteiger partial charge on any atom is -0.369 e. The van der Waals surface area contributed by atoms with Crippen molar-refractivity contribution in [3.05, 3.63) is 29.8 Å². The summed E-state index contributed by atoms with van der Waals surface area (Å²) in [7, 11) is 0. The Balaban J connectivity index is 1.64. The van der Waals surface area contributed by atoms with Crippen molar-refractivity contribution in [1.82, 2.24) is 4.90 Å². The first-order chi connectivity index (χ1) is 9.24. The van der Waals surface area contributed by atoms with Crippen LogP contribution in [0.15, 0.2) is 24.3 Å². The standard InChI is InChI=1S/C16H25N3/c1-13(17)15-4-2-3-5-16(15)19-10-8-18(9-11-19)12-14-6-7-14/h2-5,13-14H,6-12,17H2,1H3/t13-/m0/s1. The van der Waals surface area contributed by atoms with Crippen molar-refractivity contribution < 1.29 is 0 Å². The van der Waals surface area contributed by atoms with Crippen LogP contribution in [-0.4, -0.2) is 37.6 Å². The van der Waals surface area contributed by atoms with Crippen LogP contribution in [0, 0.1) is 5.92 Å². The summed E-state index contributed by atoms with van der Waals surface area (Å²) in [6, 6.07) is 8.70. The molecular weight excluding hydrogens is 234 g/mol. The number of rotatable bonds is 4. The fourth-order valence-corrected chi connectivity index (χ4v) is 3.00. The van der Waals surface area contributed by atoms with Crippen LogP contribution in [0.25, 0.3) is 0 Å². The van der Waals surface area contributed by atoms with E-state index in [9.17, 15) is 0 Å². The van der Waals surface area contributed by atoms with E-state index in [0.717, 1.165) is 19.0 Å². The molecule has 0 bridgehead atoms. The van der Waals surface area contributed by atoms with E-state index in [-0.39, 0.29) is 6.04 Å². The first-order valence-corrected chi connectivity index (χ1v) is 7.56. The van der Waals surface area contributed by atoms with Crippen LogP contribution < -0.4 is 10.6 Å². The van der Waals surface area contributed by atoms with Gasteiger partial charge >= 0.3 is 0 Å². The van der Waals surface area contributed by atoms with Gasteiger partial charge in [-0.1, -0.05) is 18.2 Å². The molecule has 2 N–H and O–H groups in total. The molecule has 0 amide bonds. The lowest BCUT2D eigenvalue weighted by molar-refractivity contribution is 0.248. The molecule has 19 heavy (non-hydrogen) atoms. The van der Waals surface area contributed by atoms with E-state index in [1.807, 2.05) is 0 Å². The molecule has 1 aliphatic carbocycles. The number of anilines is 1. The van der Waals surface area contributed by atoms with Gasteiger partial charge < -0.3 is 10.6 Å². The Morgan fingerprint density at radius 2 is 1.84 bits per heavy atom. The average Bonchev–Trinajstić information content (AvgIpc) is 3.23. The second-order valence-corrected chi connectivity index (χ2v) is 6.08. The molecule has 1 aromatic carbocycles. The topological polar surface area (TPSA) is 32.5 Å². The van der Waals surface area contributed by atoms with Crippen LogP contribution >= 0.6 is 0 Å². The second-order valence-electron chi connectivity index (χ2n) is 6.08. The maximum absolute atomic E-state index is 6.09. The van der Waals surface area contributed by atoms with Gasteiger partial charge in [0.15, 0.2) is 0 Å². The van der Waals surface area contributed by atoms with Crippen molar-refractivity contribution in [2.75, 3.05) is 37.6 Å². The van der Waals surface area contributed by atoms with Crippen molar-refractivity contribution >= 4 is 5.69 Å². The van der Waals surface area contributed by atoms with Crippen LogP contribution in [0.1, 0.15) is 31.4 Å². The molecule has 3 rings (SSSR count). The lowest BCUT2D eigenvalue weighted by Gasteiger charge is -2.37. The van der Waals surface area contributed by atoms with Crippen molar-refractivity contribution in [2.45, 2.75) is 25.8 Å². The van der Waals surface area contributed by atoms with Gasteiger partial charge in [0.05, 0.1) is 0 Å². The summed E-state index contributed by atoms with van der Waals surface area (Å²) in [4.78, 5) is 5.13. The molecule has 0 unspecified atom stereocenters. The normalized spacial score (nSPS) is 22.5. The number of hydrogen-bond acceptors (Lipinski definition) is 3. The lowest BCUT2D eigenvalue weighted by Crippen LogP contribution is -2.47. The summed E-state index contributed by atoms with van der Waals surface area (Å²) in [6.45, 7) is 8.06.